The number of carbonyl (C=O) groups excluding carboxylic acids is 2. The van der Waals surface area contributed by atoms with E-state index in [1.807, 2.05) is 24.3 Å². The first kappa shape index (κ1) is 19.0. The number of amides is 1. The Kier molecular flexibility index (Phi) is 5.20. The molecule has 1 aromatic heterocycles. The first-order chi connectivity index (χ1) is 14.1. The minimum atomic E-state index is -0.412. The van der Waals surface area contributed by atoms with Crippen LogP contribution in [0.3, 0.4) is 0 Å². The normalized spacial score (nSPS) is 14.8. The van der Waals surface area contributed by atoms with Crippen LogP contribution in [0.5, 0.6) is 0 Å². The Bertz CT molecular complexity index is 1020. The van der Waals surface area contributed by atoms with Gasteiger partial charge in [-0.15, -0.1) is 0 Å². The van der Waals surface area contributed by atoms with Gasteiger partial charge in [-0.3, -0.25) is 4.79 Å². The van der Waals surface area contributed by atoms with E-state index in [0.29, 0.717) is 48.8 Å². The van der Waals surface area contributed by atoms with Crippen molar-refractivity contribution in [3.05, 3.63) is 53.6 Å². The number of nitrogens with one attached hydrogen (secondary N) is 1. The molecule has 7 heteroatoms. The maximum atomic E-state index is 12.8. The smallest absolute Gasteiger partial charge is 0.338 e. The first-order valence-corrected chi connectivity index (χ1v) is 9.66. The number of anilines is 2. The molecule has 2 aromatic carbocycles. The number of aromatic nitrogens is 1. The average Bonchev–Trinajstić information content (AvgIpc) is 3.19. The van der Waals surface area contributed by atoms with Crippen molar-refractivity contribution in [1.29, 1.82) is 0 Å². The molecule has 1 N–H and O–H groups in total. The van der Waals surface area contributed by atoms with Gasteiger partial charge in [0.2, 0.25) is 5.91 Å². The molecule has 7 nitrogen and oxygen atoms in total. The van der Waals surface area contributed by atoms with Crippen LogP contribution < -0.4 is 10.2 Å². The molecule has 0 unspecified atom stereocenters. The maximum Gasteiger partial charge on any atom is 0.338 e. The predicted molar refractivity (Wildman–Crippen MR) is 110 cm³/mol. The Balaban J connectivity index is 1.40. The summed E-state index contributed by atoms with van der Waals surface area (Å²) in [7, 11) is 1.34. The third kappa shape index (κ3) is 3.81. The van der Waals surface area contributed by atoms with E-state index >= 15 is 0 Å². The van der Waals surface area contributed by atoms with Gasteiger partial charge in [-0.1, -0.05) is 18.2 Å². The van der Waals surface area contributed by atoms with Crippen molar-refractivity contribution in [3.63, 3.8) is 0 Å². The minimum Gasteiger partial charge on any atom is -0.465 e. The number of oxazole rings is 1. The van der Waals surface area contributed by atoms with Crippen LogP contribution in [-0.2, 0) is 9.53 Å². The van der Waals surface area contributed by atoms with Crippen molar-refractivity contribution < 1.29 is 18.7 Å². The maximum absolute atomic E-state index is 12.8. The van der Waals surface area contributed by atoms with Gasteiger partial charge in [-0.2, -0.15) is 4.98 Å². The lowest BCUT2D eigenvalue weighted by molar-refractivity contribution is -0.120. The van der Waals surface area contributed by atoms with Gasteiger partial charge in [0, 0.05) is 24.7 Å². The van der Waals surface area contributed by atoms with E-state index < -0.39 is 5.97 Å². The van der Waals surface area contributed by atoms with Crippen LogP contribution in [0.4, 0.5) is 11.7 Å². The van der Waals surface area contributed by atoms with Crippen molar-refractivity contribution in [2.75, 3.05) is 30.4 Å². The van der Waals surface area contributed by atoms with Crippen molar-refractivity contribution in [3.8, 4) is 0 Å². The summed E-state index contributed by atoms with van der Waals surface area (Å²) in [6.07, 6.45) is 1.42. The lowest BCUT2D eigenvalue weighted by Gasteiger charge is -2.30. The van der Waals surface area contributed by atoms with E-state index in [1.54, 1.807) is 25.1 Å². The Labute approximate surface area is 168 Å². The fourth-order valence-corrected chi connectivity index (χ4v) is 3.67. The summed E-state index contributed by atoms with van der Waals surface area (Å²) in [5, 5.41) is 2.97. The number of methoxy groups -OCH3 is 1. The number of rotatable bonds is 4. The molecule has 0 saturated carbocycles. The first-order valence-electron chi connectivity index (χ1n) is 9.66. The van der Waals surface area contributed by atoms with Gasteiger partial charge >= 0.3 is 5.97 Å². The van der Waals surface area contributed by atoms with Crippen LogP contribution in [-0.4, -0.2) is 37.1 Å². The van der Waals surface area contributed by atoms with Crippen molar-refractivity contribution in [2.45, 2.75) is 19.8 Å². The molecule has 0 aliphatic carbocycles. The molecule has 3 aromatic rings. The lowest BCUT2D eigenvalue weighted by Crippen LogP contribution is -2.38. The van der Waals surface area contributed by atoms with Gasteiger partial charge in [0.05, 0.1) is 12.7 Å². The number of esters is 1. The van der Waals surface area contributed by atoms with E-state index in [1.165, 1.54) is 7.11 Å². The van der Waals surface area contributed by atoms with Crippen LogP contribution in [0.15, 0.2) is 46.9 Å². The molecule has 0 atom stereocenters. The van der Waals surface area contributed by atoms with Gasteiger partial charge in [0.25, 0.3) is 6.01 Å². The zero-order valence-electron chi connectivity index (χ0n) is 16.5. The standard InChI is InChI=1S/C22H23N3O4/c1-14-16(21(27)28-2)6-5-8-17(14)23-20(26)15-10-12-25(13-11-15)22-24-18-7-3-4-9-19(18)29-22/h3-9,15H,10-13H2,1-2H3,(H,23,26). The quantitative estimate of drug-likeness (QED) is 0.679. The van der Waals surface area contributed by atoms with E-state index in [4.69, 9.17) is 9.15 Å². The molecule has 1 aliphatic heterocycles. The highest BCUT2D eigenvalue weighted by molar-refractivity contribution is 5.97. The van der Waals surface area contributed by atoms with Gasteiger partial charge in [0.1, 0.15) is 5.52 Å². The monoisotopic (exact) mass is 393 g/mol. The highest BCUT2D eigenvalue weighted by atomic mass is 16.5. The molecule has 1 amide bonds. The fraction of sp³-hybridized carbons (Fsp3) is 0.318. The molecule has 29 heavy (non-hydrogen) atoms. The molecule has 0 radical (unpaired) electrons. The largest absolute Gasteiger partial charge is 0.465 e. The van der Waals surface area contributed by atoms with Crippen molar-refractivity contribution >= 4 is 34.7 Å². The van der Waals surface area contributed by atoms with E-state index in [0.717, 1.165) is 11.1 Å². The molecule has 4 rings (SSSR count). The molecule has 2 heterocycles. The lowest BCUT2D eigenvalue weighted by atomic mass is 9.95. The summed E-state index contributed by atoms with van der Waals surface area (Å²) in [5.74, 6) is -0.547. The number of nitrogens with zero attached hydrogens (tertiary/aromatic N) is 2. The van der Waals surface area contributed by atoms with E-state index in [9.17, 15) is 9.59 Å². The number of para-hydroxylation sites is 2. The molecule has 1 aliphatic rings. The van der Waals surface area contributed by atoms with Crippen molar-refractivity contribution in [1.82, 2.24) is 4.98 Å². The van der Waals surface area contributed by atoms with Gasteiger partial charge in [0.15, 0.2) is 5.58 Å². The Morgan fingerprint density at radius 2 is 1.90 bits per heavy atom. The topological polar surface area (TPSA) is 84.7 Å². The van der Waals surface area contributed by atoms with Gasteiger partial charge in [-0.05, 0) is 49.6 Å². The summed E-state index contributed by atoms with van der Waals surface area (Å²) in [4.78, 5) is 31.2. The zero-order valence-corrected chi connectivity index (χ0v) is 16.5. The minimum absolute atomic E-state index is 0.0349. The number of hydrogen-bond donors (Lipinski definition) is 1. The van der Waals surface area contributed by atoms with Gasteiger partial charge in [-0.25, -0.2) is 4.79 Å². The highest BCUT2D eigenvalue weighted by Crippen LogP contribution is 2.27. The molecular formula is C22H23N3O4. The summed E-state index contributed by atoms with van der Waals surface area (Å²) < 4.78 is 10.6. The SMILES string of the molecule is COC(=O)c1cccc(NC(=O)C2CCN(c3nc4ccccc4o3)CC2)c1C. The van der Waals surface area contributed by atoms with Gasteiger partial charge < -0.3 is 19.4 Å². The molecule has 150 valence electrons. The average molecular weight is 393 g/mol. The summed E-state index contributed by atoms with van der Waals surface area (Å²) >= 11 is 0. The number of piperidine rings is 1. The van der Waals surface area contributed by atoms with Crippen molar-refractivity contribution in [2.24, 2.45) is 5.92 Å². The summed E-state index contributed by atoms with van der Waals surface area (Å²) in [6, 6.07) is 13.5. The van der Waals surface area contributed by atoms with Crippen LogP contribution in [0, 0.1) is 12.8 Å². The van der Waals surface area contributed by atoms with Crippen LogP contribution in [0.25, 0.3) is 11.1 Å². The second kappa shape index (κ2) is 7.95. The van der Waals surface area contributed by atoms with Crippen LogP contribution in [0.2, 0.25) is 0 Å². The van der Waals surface area contributed by atoms with E-state index in [-0.39, 0.29) is 11.8 Å². The number of ether oxygens (including phenoxy) is 1. The zero-order chi connectivity index (χ0) is 20.4. The molecule has 0 spiro atoms. The summed E-state index contributed by atoms with van der Waals surface area (Å²) in [5.41, 5.74) is 3.40. The molecule has 1 fully saturated rings. The fourth-order valence-electron chi connectivity index (χ4n) is 3.67. The number of fused-ring (bicyclic) bond motifs is 1. The summed E-state index contributed by atoms with van der Waals surface area (Å²) in [6.45, 7) is 3.20. The second-order valence-electron chi connectivity index (χ2n) is 7.18. The Hall–Kier alpha value is -3.35. The number of hydrogen-bond acceptors (Lipinski definition) is 6. The van der Waals surface area contributed by atoms with Crippen LogP contribution >= 0.6 is 0 Å². The molecular weight excluding hydrogens is 370 g/mol. The molecule has 1 saturated heterocycles. The second-order valence-corrected chi connectivity index (χ2v) is 7.18. The number of carbonyl (C=O) groups is 2. The highest BCUT2D eigenvalue weighted by Gasteiger charge is 2.27. The predicted octanol–water partition coefficient (Wildman–Crippen LogP) is 3.78. The Morgan fingerprint density at radius 3 is 2.62 bits per heavy atom. The van der Waals surface area contributed by atoms with E-state index in [2.05, 4.69) is 15.2 Å². The number of benzene rings is 2. The Morgan fingerprint density at radius 1 is 1.14 bits per heavy atom. The van der Waals surface area contributed by atoms with Crippen LogP contribution in [0.1, 0.15) is 28.8 Å². The third-order valence-electron chi connectivity index (χ3n) is 5.42. The third-order valence-corrected chi connectivity index (χ3v) is 5.42. The molecule has 0 bridgehead atoms.